The van der Waals surface area contributed by atoms with Crippen LogP contribution < -0.4 is 24.0 Å². The number of rotatable bonds is 2. The summed E-state index contributed by atoms with van der Waals surface area (Å²) in [6.07, 6.45) is 3.03. The predicted octanol–water partition coefficient (Wildman–Crippen LogP) is -2.08. The molecular weight excluding hydrogens is 203 g/mol. The summed E-state index contributed by atoms with van der Waals surface area (Å²) >= 11 is 0. The first-order valence-corrected chi connectivity index (χ1v) is 5.55. The van der Waals surface area contributed by atoms with Gasteiger partial charge < -0.3 is 19.3 Å². The van der Waals surface area contributed by atoms with Crippen LogP contribution in [-0.4, -0.2) is 25.6 Å². The minimum absolute atomic E-state index is 0. The Morgan fingerprint density at radius 1 is 1.31 bits per heavy atom. The van der Waals surface area contributed by atoms with E-state index in [9.17, 15) is 5.11 Å². The molecular formula is C11H17LiO4. The maximum atomic E-state index is 11.5. The third-order valence-corrected chi connectivity index (χ3v) is 2.99. The molecule has 1 spiro atoms. The minimum atomic E-state index is -0.393. The van der Waals surface area contributed by atoms with Gasteiger partial charge in [0, 0.05) is 12.8 Å². The average Bonchev–Trinajstić information content (AvgIpc) is 2.68. The summed E-state index contributed by atoms with van der Waals surface area (Å²) in [6, 6.07) is 0. The van der Waals surface area contributed by atoms with Crippen molar-refractivity contribution in [2.24, 2.45) is 0 Å². The van der Waals surface area contributed by atoms with Crippen molar-refractivity contribution in [2.75, 3.05) is 19.8 Å². The maximum Gasteiger partial charge on any atom is 1.00 e. The first-order chi connectivity index (χ1) is 7.26. The van der Waals surface area contributed by atoms with E-state index in [0.717, 1.165) is 31.3 Å². The fourth-order valence-corrected chi connectivity index (χ4v) is 2.16. The molecule has 0 atom stereocenters. The van der Waals surface area contributed by atoms with Crippen LogP contribution in [-0.2, 0) is 14.2 Å². The van der Waals surface area contributed by atoms with Gasteiger partial charge in [-0.25, -0.2) is 0 Å². The SMILES string of the molecule is CCOC([O-])=C1CCC2(CC1)OCCO2.[Li+]. The Morgan fingerprint density at radius 2 is 1.88 bits per heavy atom. The Kier molecular flexibility index (Phi) is 5.20. The maximum absolute atomic E-state index is 11.5. The van der Waals surface area contributed by atoms with Gasteiger partial charge >= 0.3 is 18.9 Å². The average molecular weight is 220 g/mol. The molecule has 1 saturated carbocycles. The van der Waals surface area contributed by atoms with E-state index in [0.29, 0.717) is 19.8 Å². The minimum Gasteiger partial charge on any atom is -0.614 e. The van der Waals surface area contributed by atoms with Crippen LogP contribution in [0.2, 0.25) is 0 Å². The first kappa shape index (κ1) is 13.9. The summed E-state index contributed by atoms with van der Waals surface area (Å²) < 4.78 is 16.1. The van der Waals surface area contributed by atoms with E-state index in [-0.39, 0.29) is 24.8 Å². The molecule has 2 rings (SSSR count). The van der Waals surface area contributed by atoms with Crippen molar-refractivity contribution < 1.29 is 38.2 Å². The van der Waals surface area contributed by atoms with Gasteiger partial charge in [-0.15, -0.1) is 0 Å². The summed E-state index contributed by atoms with van der Waals surface area (Å²) in [6.45, 7) is 3.62. The van der Waals surface area contributed by atoms with Gasteiger partial charge in [0.1, 0.15) is 0 Å². The van der Waals surface area contributed by atoms with Gasteiger partial charge in [0.2, 0.25) is 0 Å². The topological polar surface area (TPSA) is 50.8 Å². The summed E-state index contributed by atoms with van der Waals surface area (Å²) in [7, 11) is 0. The van der Waals surface area contributed by atoms with Crippen molar-refractivity contribution in [1.29, 1.82) is 0 Å². The zero-order valence-electron chi connectivity index (χ0n) is 10.1. The Balaban J connectivity index is 0.00000128. The van der Waals surface area contributed by atoms with Gasteiger partial charge in [-0.2, -0.15) is 0 Å². The summed E-state index contributed by atoms with van der Waals surface area (Å²) in [5, 5.41) is 11.5. The van der Waals surface area contributed by atoms with Crippen LogP contribution >= 0.6 is 0 Å². The van der Waals surface area contributed by atoms with E-state index in [4.69, 9.17) is 14.2 Å². The molecule has 0 aromatic heterocycles. The van der Waals surface area contributed by atoms with Crippen molar-refractivity contribution in [3.63, 3.8) is 0 Å². The van der Waals surface area contributed by atoms with E-state index in [1.165, 1.54) is 0 Å². The van der Waals surface area contributed by atoms with Crippen LogP contribution in [0, 0.1) is 0 Å². The van der Waals surface area contributed by atoms with Crippen LogP contribution in [0.5, 0.6) is 0 Å². The Bertz CT molecular complexity index is 247. The standard InChI is InChI=1S/C11H18O4.Li/c1-2-13-10(12)9-3-5-11(6-4-9)14-7-8-15-11;/h12H,2-8H2,1H3;/q;+1/p-1. The molecule has 0 aromatic carbocycles. The molecule has 1 aliphatic heterocycles. The fraction of sp³-hybridized carbons (Fsp3) is 0.818. The molecule has 5 heteroatoms. The molecule has 2 fully saturated rings. The number of allylic oxidation sites excluding steroid dienone is 1. The molecule has 0 amide bonds. The van der Waals surface area contributed by atoms with Crippen LogP contribution in [0.4, 0.5) is 0 Å². The zero-order valence-corrected chi connectivity index (χ0v) is 10.1. The molecule has 0 unspecified atom stereocenters. The normalized spacial score (nSPS) is 22.9. The van der Waals surface area contributed by atoms with Crippen molar-refractivity contribution in [1.82, 2.24) is 0 Å². The number of hydrogen-bond donors (Lipinski definition) is 0. The number of ether oxygens (including phenoxy) is 3. The first-order valence-electron chi connectivity index (χ1n) is 5.55. The summed E-state index contributed by atoms with van der Waals surface area (Å²) in [5.41, 5.74) is 0.876. The second-order valence-corrected chi connectivity index (χ2v) is 3.93. The van der Waals surface area contributed by atoms with Gasteiger partial charge in [-0.1, -0.05) is 6.92 Å². The smallest absolute Gasteiger partial charge is 0.614 e. The molecule has 0 aromatic rings. The van der Waals surface area contributed by atoms with E-state index in [1.54, 1.807) is 0 Å². The summed E-state index contributed by atoms with van der Waals surface area (Å²) in [5.74, 6) is -0.541. The molecule has 0 N–H and O–H groups in total. The van der Waals surface area contributed by atoms with E-state index in [1.807, 2.05) is 6.92 Å². The van der Waals surface area contributed by atoms with Crippen LogP contribution in [0.3, 0.4) is 0 Å². The Morgan fingerprint density at radius 3 is 2.38 bits per heavy atom. The summed E-state index contributed by atoms with van der Waals surface area (Å²) in [4.78, 5) is 0. The van der Waals surface area contributed by atoms with Gasteiger partial charge in [0.05, 0.1) is 19.2 Å². The molecule has 1 heterocycles. The van der Waals surface area contributed by atoms with Crippen molar-refractivity contribution in [3.05, 3.63) is 11.5 Å². The molecule has 86 valence electrons. The molecule has 0 bridgehead atoms. The van der Waals surface area contributed by atoms with E-state index >= 15 is 0 Å². The fourth-order valence-electron chi connectivity index (χ4n) is 2.16. The molecule has 1 aliphatic carbocycles. The van der Waals surface area contributed by atoms with Gasteiger partial charge in [-0.05, 0) is 25.0 Å². The van der Waals surface area contributed by atoms with Crippen molar-refractivity contribution >= 4 is 0 Å². The van der Waals surface area contributed by atoms with Crippen molar-refractivity contribution in [2.45, 2.75) is 38.4 Å². The van der Waals surface area contributed by atoms with Crippen LogP contribution in [0.1, 0.15) is 32.6 Å². The van der Waals surface area contributed by atoms with E-state index < -0.39 is 5.79 Å². The van der Waals surface area contributed by atoms with Crippen LogP contribution in [0.25, 0.3) is 0 Å². The van der Waals surface area contributed by atoms with Crippen LogP contribution in [0.15, 0.2) is 11.5 Å². The Labute approximate surface area is 108 Å². The molecule has 1 saturated heterocycles. The quantitative estimate of drug-likeness (QED) is 0.396. The third-order valence-electron chi connectivity index (χ3n) is 2.99. The largest absolute Gasteiger partial charge is 1.00 e. The predicted molar refractivity (Wildman–Crippen MR) is 51.8 cm³/mol. The molecule has 0 radical (unpaired) electrons. The molecule has 16 heavy (non-hydrogen) atoms. The monoisotopic (exact) mass is 220 g/mol. The Hall–Kier alpha value is -0.143. The second-order valence-electron chi connectivity index (χ2n) is 3.93. The molecule has 4 nitrogen and oxygen atoms in total. The van der Waals surface area contributed by atoms with Crippen molar-refractivity contribution in [3.8, 4) is 0 Å². The zero-order chi connectivity index (χ0) is 10.7. The van der Waals surface area contributed by atoms with E-state index in [2.05, 4.69) is 0 Å². The molecule has 2 aliphatic rings. The number of hydrogen-bond acceptors (Lipinski definition) is 4. The van der Waals surface area contributed by atoms with Gasteiger partial charge in [0.25, 0.3) is 0 Å². The van der Waals surface area contributed by atoms with Gasteiger partial charge in [0.15, 0.2) is 5.79 Å². The second kappa shape index (κ2) is 5.97. The third kappa shape index (κ3) is 2.95. The van der Waals surface area contributed by atoms with Gasteiger partial charge in [-0.3, -0.25) is 0 Å².